The first kappa shape index (κ1) is 18.1. The summed E-state index contributed by atoms with van der Waals surface area (Å²) in [5.41, 5.74) is 0.168. The van der Waals surface area contributed by atoms with E-state index in [1.54, 1.807) is 23.1 Å². The highest BCUT2D eigenvalue weighted by Crippen LogP contribution is 2.52. The Morgan fingerprint density at radius 2 is 2.33 bits per heavy atom. The maximum atomic E-state index is 13.4. The minimum absolute atomic E-state index is 0.00820. The predicted octanol–water partition coefficient (Wildman–Crippen LogP) is 0.859. The lowest BCUT2D eigenvalue weighted by atomic mass is 9.76. The van der Waals surface area contributed by atoms with Crippen LogP contribution in [0.4, 0.5) is 0 Å². The van der Waals surface area contributed by atoms with Crippen molar-refractivity contribution in [1.82, 2.24) is 14.8 Å². The summed E-state index contributed by atoms with van der Waals surface area (Å²) < 4.78 is 11.3. The van der Waals surface area contributed by atoms with Gasteiger partial charge in [-0.3, -0.25) is 14.6 Å². The van der Waals surface area contributed by atoms with E-state index in [4.69, 9.17) is 9.47 Å². The topological polar surface area (TPSA) is 72.0 Å². The maximum absolute atomic E-state index is 13.4. The zero-order valence-electron chi connectivity index (χ0n) is 15.7. The van der Waals surface area contributed by atoms with Crippen molar-refractivity contribution in [3.05, 3.63) is 42.2 Å². The number of aromatic nitrogens is 1. The van der Waals surface area contributed by atoms with Gasteiger partial charge < -0.3 is 19.3 Å². The van der Waals surface area contributed by atoms with Crippen LogP contribution in [0, 0.1) is 11.8 Å². The minimum atomic E-state index is -0.666. The lowest BCUT2D eigenvalue weighted by Gasteiger charge is -2.29. The van der Waals surface area contributed by atoms with Crippen LogP contribution in [0.3, 0.4) is 0 Å². The Kier molecular flexibility index (Phi) is 4.74. The smallest absolute Gasteiger partial charge is 0.230 e. The molecule has 7 heteroatoms. The number of nitrogens with zero attached hydrogens (tertiary/aromatic N) is 3. The Hall–Kier alpha value is -2.25. The number of hydrogen-bond acceptors (Lipinski definition) is 5. The van der Waals surface area contributed by atoms with E-state index in [1.807, 2.05) is 37.3 Å². The summed E-state index contributed by atoms with van der Waals surface area (Å²) in [6.45, 7) is 4.42. The molecule has 0 N–H and O–H groups in total. The van der Waals surface area contributed by atoms with Crippen LogP contribution in [-0.2, 0) is 25.6 Å². The van der Waals surface area contributed by atoms with E-state index >= 15 is 0 Å². The van der Waals surface area contributed by atoms with Crippen LogP contribution in [0.5, 0.6) is 0 Å². The number of methoxy groups -OCH3 is 1. The number of fused-ring (bicyclic) bond motifs is 1. The third kappa shape index (κ3) is 2.95. The Morgan fingerprint density at radius 1 is 1.48 bits per heavy atom. The van der Waals surface area contributed by atoms with Crippen molar-refractivity contribution in [3.8, 4) is 0 Å². The molecular weight excluding hydrogens is 346 g/mol. The van der Waals surface area contributed by atoms with Crippen LogP contribution in [0.1, 0.15) is 12.6 Å². The number of ether oxygens (including phenoxy) is 2. The van der Waals surface area contributed by atoms with E-state index in [0.717, 1.165) is 5.69 Å². The Labute approximate surface area is 158 Å². The molecule has 4 heterocycles. The first-order chi connectivity index (χ1) is 13.1. The van der Waals surface area contributed by atoms with Crippen LogP contribution in [-0.4, -0.2) is 71.7 Å². The summed E-state index contributed by atoms with van der Waals surface area (Å²) in [6.07, 6.45) is 5.32. The van der Waals surface area contributed by atoms with Crippen LogP contribution < -0.4 is 0 Å². The van der Waals surface area contributed by atoms with Crippen LogP contribution in [0.15, 0.2) is 36.5 Å². The van der Waals surface area contributed by atoms with Gasteiger partial charge in [0.1, 0.15) is 5.60 Å². The predicted molar refractivity (Wildman–Crippen MR) is 97.5 cm³/mol. The van der Waals surface area contributed by atoms with E-state index in [2.05, 4.69) is 4.98 Å². The molecule has 7 nitrogen and oxygen atoms in total. The average Bonchev–Trinajstić information content (AvgIpc) is 3.33. The fourth-order valence-corrected chi connectivity index (χ4v) is 4.49. The van der Waals surface area contributed by atoms with Gasteiger partial charge in [0.25, 0.3) is 0 Å². The fourth-order valence-electron chi connectivity index (χ4n) is 4.49. The van der Waals surface area contributed by atoms with Crippen molar-refractivity contribution in [1.29, 1.82) is 0 Å². The Morgan fingerprint density at radius 3 is 3.04 bits per heavy atom. The normalized spacial score (nSPS) is 30.8. The van der Waals surface area contributed by atoms with Gasteiger partial charge in [0.05, 0.1) is 43.3 Å². The van der Waals surface area contributed by atoms with Gasteiger partial charge >= 0.3 is 0 Å². The lowest BCUT2D eigenvalue weighted by molar-refractivity contribution is -0.143. The first-order valence-electron chi connectivity index (χ1n) is 9.43. The summed E-state index contributed by atoms with van der Waals surface area (Å²) in [6, 6.07) is 5.67. The fraction of sp³-hybridized carbons (Fsp3) is 0.550. The third-order valence-electron chi connectivity index (χ3n) is 5.80. The minimum Gasteiger partial charge on any atom is -0.383 e. The van der Waals surface area contributed by atoms with Gasteiger partial charge in [0.2, 0.25) is 11.8 Å². The first-order valence-corrected chi connectivity index (χ1v) is 9.43. The number of carbonyl (C=O) groups is 2. The van der Waals surface area contributed by atoms with Crippen molar-refractivity contribution < 1.29 is 19.1 Å². The standard InChI is InChI=1S/C20H25N3O4/c1-3-22(12-14-6-4-5-9-21-14)18(24)16-15-7-8-20(27-15)13-23(10-11-26-2)19(25)17(16)20/h4-9,15-17H,3,10-13H2,1-2H3/t15-,16-,17-,20-/m0/s1. The number of rotatable bonds is 7. The number of likely N-dealkylation sites (tertiary alicyclic amines) is 1. The molecule has 1 aromatic heterocycles. The molecule has 4 atom stereocenters. The summed E-state index contributed by atoms with van der Waals surface area (Å²) in [4.78, 5) is 34.2. The second kappa shape index (κ2) is 7.05. The summed E-state index contributed by atoms with van der Waals surface area (Å²) in [5, 5.41) is 0. The largest absolute Gasteiger partial charge is 0.383 e. The molecule has 144 valence electrons. The molecule has 1 aromatic rings. The van der Waals surface area contributed by atoms with E-state index < -0.39 is 17.4 Å². The second-order valence-corrected chi connectivity index (χ2v) is 7.33. The van der Waals surface area contributed by atoms with Gasteiger partial charge in [0, 0.05) is 26.4 Å². The molecule has 0 aromatic carbocycles. The van der Waals surface area contributed by atoms with E-state index in [1.165, 1.54) is 0 Å². The molecule has 0 unspecified atom stereocenters. The average molecular weight is 371 g/mol. The quantitative estimate of drug-likeness (QED) is 0.665. The molecule has 2 amide bonds. The van der Waals surface area contributed by atoms with Gasteiger partial charge in [-0.1, -0.05) is 18.2 Å². The van der Waals surface area contributed by atoms with Crippen molar-refractivity contribution in [2.24, 2.45) is 11.8 Å². The zero-order valence-corrected chi connectivity index (χ0v) is 15.7. The lowest BCUT2D eigenvalue weighted by Crippen LogP contribution is -2.46. The maximum Gasteiger partial charge on any atom is 0.230 e. The molecule has 3 aliphatic rings. The molecule has 0 radical (unpaired) electrons. The van der Waals surface area contributed by atoms with E-state index in [-0.39, 0.29) is 17.9 Å². The van der Waals surface area contributed by atoms with Crippen LogP contribution >= 0.6 is 0 Å². The molecule has 2 fully saturated rings. The monoisotopic (exact) mass is 371 g/mol. The highest BCUT2D eigenvalue weighted by molar-refractivity contribution is 5.93. The third-order valence-corrected chi connectivity index (χ3v) is 5.80. The number of carbonyl (C=O) groups excluding carboxylic acids is 2. The highest BCUT2D eigenvalue weighted by Gasteiger charge is 2.67. The Balaban J connectivity index is 1.55. The molecular formula is C20H25N3O4. The van der Waals surface area contributed by atoms with E-state index in [0.29, 0.717) is 32.8 Å². The molecule has 2 saturated heterocycles. The second-order valence-electron chi connectivity index (χ2n) is 7.33. The number of amides is 2. The molecule has 27 heavy (non-hydrogen) atoms. The molecule has 3 aliphatic heterocycles. The van der Waals surface area contributed by atoms with E-state index in [9.17, 15) is 9.59 Å². The van der Waals surface area contributed by atoms with Crippen molar-refractivity contribution in [2.45, 2.75) is 25.2 Å². The van der Waals surface area contributed by atoms with Gasteiger partial charge in [-0.05, 0) is 19.1 Å². The molecule has 1 spiro atoms. The molecule has 4 rings (SSSR count). The van der Waals surface area contributed by atoms with Crippen molar-refractivity contribution in [3.63, 3.8) is 0 Å². The van der Waals surface area contributed by atoms with Gasteiger partial charge in [-0.15, -0.1) is 0 Å². The SMILES string of the molecule is CCN(Cc1ccccn1)C(=O)[C@H]1[C@@H]2C=C[C@@]3(CN(CCOC)C(=O)[C@H]13)O2. The van der Waals surface area contributed by atoms with Gasteiger partial charge in [-0.25, -0.2) is 0 Å². The van der Waals surface area contributed by atoms with Gasteiger partial charge in [-0.2, -0.15) is 0 Å². The van der Waals surface area contributed by atoms with Crippen molar-refractivity contribution >= 4 is 11.8 Å². The highest BCUT2D eigenvalue weighted by atomic mass is 16.5. The zero-order chi connectivity index (χ0) is 19.0. The van der Waals surface area contributed by atoms with Gasteiger partial charge in [0.15, 0.2) is 0 Å². The summed E-state index contributed by atoms with van der Waals surface area (Å²) in [5.74, 6) is -0.967. The van der Waals surface area contributed by atoms with Crippen LogP contribution in [0.25, 0.3) is 0 Å². The number of hydrogen-bond donors (Lipinski definition) is 0. The van der Waals surface area contributed by atoms with Crippen LogP contribution in [0.2, 0.25) is 0 Å². The molecule has 0 aliphatic carbocycles. The summed E-state index contributed by atoms with van der Waals surface area (Å²) in [7, 11) is 1.62. The van der Waals surface area contributed by atoms with Crippen molar-refractivity contribution in [2.75, 3.05) is 33.4 Å². The number of pyridine rings is 1. The molecule has 0 saturated carbocycles. The molecule has 2 bridgehead atoms. The summed E-state index contributed by atoms with van der Waals surface area (Å²) >= 11 is 0. The Bertz CT molecular complexity index is 753.